The smallest absolute Gasteiger partial charge is 0.234 e. The zero-order valence-corrected chi connectivity index (χ0v) is 25.0. The molecule has 35 heavy (non-hydrogen) atoms. The van der Waals surface area contributed by atoms with Crippen LogP contribution in [0.4, 0.5) is 10.3 Å². The molecule has 1 N–H and O–H groups in total. The summed E-state index contributed by atoms with van der Waals surface area (Å²) in [5.74, 6) is 3.56. The minimum atomic E-state index is 0.356. The van der Waals surface area contributed by atoms with E-state index in [1.165, 1.54) is 17.7 Å². The molecule has 0 fully saturated rings. The Morgan fingerprint density at radius 3 is 2.26 bits per heavy atom. The van der Waals surface area contributed by atoms with Gasteiger partial charge in [-0.1, -0.05) is 46.9 Å². The van der Waals surface area contributed by atoms with Gasteiger partial charge in [0.15, 0.2) is 13.1 Å². The van der Waals surface area contributed by atoms with Crippen LogP contribution in [0.15, 0.2) is 53.5 Å². The number of thioether (sulfide) groups is 1. The van der Waals surface area contributed by atoms with Crippen molar-refractivity contribution in [2.75, 3.05) is 23.6 Å². The van der Waals surface area contributed by atoms with Crippen LogP contribution in [0.3, 0.4) is 0 Å². The van der Waals surface area contributed by atoms with Crippen LogP contribution in [0.5, 0.6) is 11.5 Å². The molecule has 0 bridgehead atoms. The fourth-order valence-electron chi connectivity index (χ4n) is 2.65. The lowest BCUT2D eigenvalue weighted by atomic mass is 10.3. The zero-order chi connectivity index (χ0) is 24.3. The van der Waals surface area contributed by atoms with Crippen LogP contribution in [0.1, 0.15) is 10.0 Å². The predicted molar refractivity (Wildman–Crippen MR) is 161 cm³/mol. The summed E-state index contributed by atoms with van der Waals surface area (Å²) in [6, 6.07) is 15.7. The second-order valence-corrected chi connectivity index (χ2v) is 12.4. The highest BCUT2D eigenvalue weighted by atomic mass is 127. The molecule has 2 heterocycles. The maximum absolute atomic E-state index is 5.74. The lowest BCUT2D eigenvalue weighted by Crippen LogP contribution is -2.09. The Morgan fingerprint density at radius 2 is 1.51 bits per heavy atom. The molecule has 0 saturated carbocycles. The van der Waals surface area contributed by atoms with E-state index in [1.807, 2.05) is 60.3 Å². The standard InChI is InChI=1S/C22H20I2N6O2S3/c23-15-5-1-3-7-17(15)31-13-25-21-29-27-19(34-21)9-11-33-12-10-20-28-30-22(35-20)26-14-32-18-8-4-2-6-16(18)24/h1-8,13H,9-12,14H2,(H,26,30). The topological polar surface area (TPSA) is 94.4 Å². The van der Waals surface area contributed by atoms with Crippen LogP contribution >= 0.6 is 79.6 Å². The molecule has 0 radical (unpaired) electrons. The van der Waals surface area contributed by atoms with Crippen LogP contribution in [-0.2, 0) is 12.8 Å². The number of nitrogens with one attached hydrogen (secondary N) is 1. The summed E-state index contributed by atoms with van der Waals surface area (Å²) >= 11 is 9.38. The molecule has 8 nitrogen and oxygen atoms in total. The average Bonchev–Trinajstić information content (AvgIpc) is 3.51. The first kappa shape index (κ1) is 26.5. The van der Waals surface area contributed by atoms with Gasteiger partial charge in [-0.3, -0.25) is 0 Å². The molecular formula is C22H20I2N6O2S3. The highest BCUT2D eigenvalue weighted by Crippen LogP contribution is 2.23. The molecule has 0 aliphatic rings. The van der Waals surface area contributed by atoms with Gasteiger partial charge in [-0.25, -0.2) is 0 Å². The number of para-hydroxylation sites is 2. The van der Waals surface area contributed by atoms with Crippen molar-refractivity contribution in [3.05, 3.63) is 65.7 Å². The number of benzene rings is 2. The first-order valence-electron chi connectivity index (χ1n) is 10.4. The molecule has 0 saturated heterocycles. The molecule has 0 spiro atoms. The molecule has 4 rings (SSSR count). The molecule has 0 aliphatic heterocycles. The molecule has 182 valence electrons. The van der Waals surface area contributed by atoms with Crippen molar-refractivity contribution < 1.29 is 9.47 Å². The van der Waals surface area contributed by atoms with Crippen molar-refractivity contribution in [1.82, 2.24) is 20.4 Å². The first-order valence-corrected chi connectivity index (χ1v) is 15.4. The van der Waals surface area contributed by atoms with Crippen molar-refractivity contribution in [2.45, 2.75) is 12.8 Å². The second kappa shape index (κ2) is 14.2. The first-order chi connectivity index (χ1) is 17.2. The van der Waals surface area contributed by atoms with Crippen LogP contribution < -0.4 is 14.8 Å². The summed E-state index contributed by atoms with van der Waals surface area (Å²) in [7, 11) is 0. The van der Waals surface area contributed by atoms with Gasteiger partial charge < -0.3 is 14.8 Å². The van der Waals surface area contributed by atoms with Gasteiger partial charge in [0.25, 0.3) is 0 Å². The van der Waals surface area contributed by atoms with E-state index in [-0.39, 0.29) is 0 Å². The van der Waals surface area contributed by atoms with Crippen molar-refractivity contribution in [1.29, 1.82) is 0 Å². The lowest BCUT2D eigenvalue weighted by molar-refractivity contribution is 0.344. The van der Waals surface area contributed by atoms with Crippen molar-refractivity contribution in [2.24, 2.45) is 4.99 Å². The van der Waals surface area contributed by atoms with E-state index in [9.17, 15) is 0 Å². The van der Waals surface area contributed by atoms with Crippen LogP contribution in [0.25, 0.3) is 0 Å². The van der Waals surface area contributed by atoms with Gasteiger partial charge in [0, 0.05) is 12.8 Å². The summed E-state index contributed by atoms with van der Waals surface area (Å²) in [6.07, 6.45) is 3.15. The van der Waals surface area contributed by atoms with Gasteiger partial charge in [-0.2, -0.15) is 16.8 Å². The number of aromatic nitrogens is 4. The van der Waals surface area contributed by atoms with Gasteiger partial charge in [-0.15, -0.1) is 20.4 Å². The number of rotatable bonds is 13. The Labute approximate surface area is 242 Å². The highest BCUT2D eigenvalue weighted by molar-refractivity contribution is 14.1. The Hall–Kier alpha value is -1.56. The molecule has 0 atom stereocenters. The highest BCUT2D eigenvalue weighted by Gasteiger charge is 2.07. The summed E-state index contributed by atoms with van der Waals surface area (Å²) < 4.78 is 13.4. The van der Waals surface area contributed by atoms with E-state index < -0.39 is 0 Å². The normalized spacial score (nSPS) is 11.1. The maximum Gasteiger partial charge on any atom is 0.234 e. The molecule has 2 aromatic heterocycles. The molecule has 13 heteroatoms. The molecular weight excluding hydrogens is 730 g/mol. The maximum atomic E-state index is 5.74. The Balaban J connectivity index is 1.10. The van der Waals surface area contributed by atoms with Crippen LogP contribution in [0, 0.1) is 7.14 Å². The lowest BCUT2D eigenvalue weighted by Gasteiger charge is -2.07. The van der Waals surface area contributed by atoms with E-state index in [2.05, 4.69) is 75.9 Å². The summed E-state index contributed by atoms with van der Waals surface area (Å²) in [4.78, 5) is 4.25. The minimum Gasteiger partial charge on any atom is -0.472 e. The van der Waals surface area contributed by atoms with E-state index in [1.54, 1.807) is 11.3 Å². The summed E-state index contributed by atoms with van der Waals surface area (Å²) in [6.45, 7) is 0.356. The van der Waals surface area contributed by atoms with Gasteiger partial charge in [-0.05, 0) is 81.0 Å². The number of aryl methyl sites for hydroxylation is 2. The third-order valence-electron chi connectivity index (χ3n) is 4.31. The number of ether oxygens (including phenoxy) is 2. The SMILES string of the molecule is Ic1ccccc1OC=Nc1nnc(CCSCCc2nnc(NCOc3ccccc3I)s2)s1. The Morgan fingerprint density at radius 1 is 0.857 bits per heavy atom. The monoisotopic (exact) mass is 750 g/mol. The number of anilines is 1. The van der Waals surface area contributed by atoms with Gasteiger partial charge >= 0.3 is 0 Å². The number of hydrogen-bond acceptors (Lipinski definition) is 11. The third-order valence-corrected chi connectivity index (χ3v) is 8.91. The quantitative estimate of drug-likeness (QED) is 0.0560. The average molecular weight is 750 g/mol. The van der Waals surface area contributed by atoms with Gasteiger partial charge in [0.2, 0.25) is 10.3 Å². The molecule has 0 unspecified atom stereocenters. The predicted octanol–water partition coefficient (Wildman–Crippen LogP) is 6.30. The number of hydrogen-bond donors (Lipinski definition) is 1. The van der Waals surface area contributed by atoms with Crippen molar-refractivity contribution in [3.63, 3.8) is 0 Å². The van der Waals surface area contributed by atoms with Gasteiger partial charge in [0.1, 0.15) is 21.5 Å². The fourth-order valence-corrected chi connectivity index (χ4v) is 6.24. The van der Waals surface area contributed by atoms with Crippen LogP contribution in [-0.4, -0.2) is 45.0 Å². The van der Waals surface area contributed by atoms with Crippen molar-refractivity contribution >= 4 is 96.3 Å². The van der Waals surface area contributed by atoms with E-state index >= 15 is 0 Å². The van der Waals surface area contributed by atoms with E-state index in [4.69, 9.17) is 9.47 Å². The largest absolute Gasteiger partial charge is 0.472 e. The van der Waals surface area contributed by atoms with Crippen LogP contribution in [0.2, 0.25) is 0 Å². The summed E-state index contributed by atoms with van der Waals surface area (Å²) in [5.41, 5.74) is 0. The number of nitrogens with zero attached hydrogens (tertiary/aromatic N) is 5. The second-order valence-electron chi connectivity index (χ2n) is 6.77. The Bertz CT molecular complexity index is 1250. The molecule has 4 aromatic rings. The van der Waals surface area contributed by atoms with Crippen molar-refractivity contribution in [3.8, 4) is 11.5 Å². The fraction of sp³-hybridized carbons (Fsp3) is 0.227. The molecule has 2 aromatic carbocycles. The summed E-state index contributed by atoms with van der Waals surface area (Å²) in [5, 5.41) is 23.3. The Kier molecular flexibility index (Phi) is 10.8. The molecule has 0 aliphatic carbocycles. The molecule has 0 amide bonds. The minimum absolute atomic E-state index is 0.356. The van der Waals surface area contributed by atoms with E-state index in [0.717, 1.165) is 58.1 Å². The zero-order valence-electron chi connectivity index (χ0n) is 18.3. The van der Waals surface area contributed by atoms with Gasteiger partial charge in [0.05, 0.1) is 7.14 Å². The number of aliphatic imine (C=N–C) groups is 1. The number of halogens is 2. The van der Waals surface area contributed by atoms with E-state index in [0.29, 0.717) is 11.9 Å². The third kappa shape index (κ3) is 8.80.